The molecule has 0 amide bonds. The van der Waals surface area contributed by atoms with Gasteiger partial charge in [0, 0.05) is 13.1 Å². The van der Waals surface area contributed by atoms with Gasteiger partial charge in [-0.25, -0.2) is 0 Å². The molecular formula is C10H23NO. The lowest BCUT2D eigenvalue weighted by molar-refractivity contribution is 0.0408. The lowest BCUT2D eigenvalue weighted by Gasteiger charge is -2.27. The molecule has 74 valence electrons. The van der Waals surface area contributed by atoms with Gasteiger partial charge >= 0.3 is 0 Å². The minimum atomic E-state index is -0.567. The Morgan fingerprint density at radius 2 is 1.92 bits per heavy atom. The normalized spacial score (nSPS) is 15.2. The zero-order valence-corrected chi connectivity index (χ0v) is 9.09. The molecule has 12 heavy (non-hydrogen) atoms. The molecule has 0 aliphatic rings. The lowest BCUT2D eigenvalue weighted by atomic mass is 10.1. The maximum Gasteiger partial charge on any atom is 0.0718 e. The van der Waals surface area contributed by atoms with E-state index in [1.807, 2.05) is 13.8 Å². The van der Waals surface area contributed by atoms with E-state index in [9.17, 15) is 5.11 Å². The average Bonchev–Trinajstić information content (AvgIpc) is 1.82. The third-order valence-electron chi connectivity index (χ3n) is 1.98. The maximum atomic E-state index is 9.53. The van der Waals surface area contributed by atoms with Gasteiger partial charge in [0.25, 0.3) is 0 Å². The van der Waals surface area contributed by atoms with E-state index >= 15 is 0 Å². The first-order valence-corrected chi connectivity index (χ1v) is 4.76. The van der Waals surface area contributed by atoms with Gasteiger partial charge in [0.05, 0.1) is 5.60 Å². The molecule has 0 rings (SSSR count). The van der Waals surface area contributed by atoms with E-state index in [4.69, 9.17) is 0 Å². The minimum Gasteiger partial charge on any atom is -0.389 e. The number of hydrogen-bond donors (Lipinski definition) is 1. The number of hydrogen-bond acceptors (Lipinski definition) is 2. The largest absolute Gasteiger partial charge is 0.389 e. The molecule has 1 N–H and O–H groups in total. The molecule has 1 unspecified atom stereocenters. The second-order valence-electron chi connectivity index (χ2n) is 4.52. The Morgan fingerprint density at radius 3 is 2.25 bits per heavy atom. The average molecular weight is 173 g/mol. The monoisotopic (exact) mass is 173 g/mol. The topological polar surface area (TPSA) is 23.5 Å². The van der Waals surface area contributed by atoms with Crippen molar-refractivity contribution in [3.8, 4) is 0 Å². The number of nitrogens with zero attached hydrogens (tertiary/aromatic N) is 1. The van der Waals surface area contributed by atoms with Crippen molar-refractivity contribution in [1.82, 2.24) is 4.90 Å². The molecule has 0 saturated carbocycles. The fourth-order valence-corrected chi connectivity index (χ4v) is 1.39. The second-order valence-corrected chi connectivity index (χ2v) is 4.52. The predicted molar refractivity (Wildman–Crippen MR) is 53.2 cm³/mol. The summed E-state index contributed by atoms with van der Waals surface area (Å²) in [5, 5.41) is 9.53. The highest BCUT2D eigenvalue weighted by Crippen LogP contribution is 2.07. The maximum absolute atomic E-state index is 9.53. The number of likely N-dealkylation sites (N-methyl/N-ethyl adjacent to an activating group) is 1. The molecule has 1 atom stereocenters. The molecular weight excluding hydrogens is 150 g/mol. The summed E-state index contributed by atoms with van der Waals surface area (Å²) in [4.78, 5) is 2.19. The van der Waals surface area contributed by atoms with E-state index in [2.05, 4.69) is 25.8 Å². The van der Waals surface area contributed by atoms with Gasteiger partial charge in [0.15, 0.2) is 0 Å². The number of rotatable bonds is 5. The van der Waals surface area contributed by atoms with Crippen molar-refractivity contribution in [2.75, 3.05) is 20.1 Å². The van der Waals surface area contributed by atoms with E-state index < -0.39 is 5.60 Å². The Labute approximate surface area is 76.6 Å². The first-order chi connectivity index (χ1) is 5.35. The van der Waals surface area contributed by atoms with Crippen molar-refractivity contribution in [3.05, 3.63) is 0 Å². The van der Waals surface area contributed by atoms with Crippen LogP contribution >= 0.6 is 0 Å². The van der Waals surface area contributed by atoms with Crippen molar-refractivity contribution >= 4 is 0 Å². The van der Waals surface area contributed by atoms with E-state index in [1.165, 1.54) is 6.42 Å². The Bertz CT molecular complexity index is 117. The summed E-state index contributed by atoms with van der Waals surface area (Å²) in [6, 6.07) is 0. The fraction of sp³-hybridized carbons (Fsp3) is 1.00. The molecule has 0 aliphatic carbocycles. The third kappa shape index (κ3) is 6.62. The predicted octanol–water partition coefficient (Wildman–Crippen LogP) is 1.74. The summed E-state index contributed by atoms with van der Waals surface area (Å²) in [7, 11) is 2.06. The van der Waals surface area contributed by atoms with Crippen LogP contribution in [-0.4, -0.2) is 35.7 Å². The number of aliphatic hydroxyl groups is 1. The first-order valence-electron chi connectivity index (χ1n) is 4.76. The highest BCUT2D eigenvalue weighted by molar-refractivity contribution is 4.70. The van der Waals surface area contributed by atoms with Gasteiger partial charge in [0.2, 0.25) is 0 Å². The molecule has 0 aromatic rings. The van der Waals surface area contributed by atoms with Gasteiger partial charge in [-0.2, -0.15) is 0 Å². The summed E-state index contributed by atoms with van der Waals surface area (Å²) in [6.07, 6.45) is 1.20. The molecule has 0 aromatic heterocycles. The second kappa shape index (κ2) is 4.83. The Kier molecular flexibility index (Phi) is 4.80. The van der Waals surface area contributed by atoms with Gasteiger partial charge in [-0.1, -0.05) is 20.3 Å². The van der Waals surface area contributed by atoms with Crippen molar-refractivity contribution < 1.29 is 5.11 Å². The highest BCUT2D eigenvalue weighted by atomic mass is 16.3. The van der Waals surface area contributed by atoms with Crippen LogP contribution in [0.5, 0.6) is 0 Å². The fourth-order valence-electron chi connectivity index (χ4n) is 1.39. The van der Waals surface area contributed by atoms with Crippen molar-refractivity contribution in [2.24, 2.45) is 5.92 Å². The molecule has 0 heterocycles. The Morgan fingerprint density at radius 1 is 1.42 bits per heavy atom. The van der Waals surface area contributed by atoms with Crippen LogP contribution in [0, 0.1) is 5.92 Å². The standard InChI is InChI=1S/C10H23NO/c1-6-9(2)7-11(5)8-10(3,4)12/h9,12H,6-8H2,1-5H3. The van der Waals surface area contributed by atoms with Crippen LogP contribution in [0.3, 0.4) is 0 Å². The van der Waals surface area contributed by atoms with Crippen LogP contribution in [0.2, 0.25) is 0 Å². The van der Waals surface area contributed by atoms with Crippen LogP contribution in [0.25, 0.3) is 0 Å². The minimum absolute atomic E-state index is 0.567. The van der Waals surface area contributed by atoms with Crippen LogP contribution in [0.1, 0.15) is 34.1 Å². The summed E-state index contributed by atoms with van der Waals surface area (Å²) in [6.45, 7) is 9.95. The van der Waals surface area contributed by atoms with Crippen molar-refractivity contribution in [1.29, 1.82) is 0 Å². The molecule has 0 bridgehead atoms. The van der Waals surface area contributed by atoms with Gasteiger partial charge in [0.1, 0.15) is 0 Å². The molecule has 0 aromatic carbocycles. The first kappa shape index (κ1) is 11.9. The Hall–Kier alpha value is -0.0800. The molecule has 0 spiro atoms. The summed E-state index contributed by atoms with van der Waals surface area (Å²) < 4.78 is 0. The van der Waals surface area contributed by atoms with Gasteiger partial charge in [-0.05, 0) is 26.8 Å². The van der Waals surface area contributed by atoms with Crippen LogP contribution < -0.4 is 0 Å². The van der Waals surface area contributed by atoms with E-state index in [0.717, 1.165) is 19.0 Å². The van der Waals surface area contributed by atoms with Crippen LogP contribution in [0.15, 0.2) is 0 Å². The van der Waals surface area contributed by atoms with Crippen molar-refractivity contribution in [3.63, 3.8) is 0 Å². The molecule has 0 radical (unpaired) electrons. The van der Waals surface area contributed by atoms with E-state index in [1.54, 1.807) is 0 Å². The molecule has 0 aliphatic heterocycles. The molecule has 2 heteroatoms. The summed E-state index contributed by atoms with van der Waals surface area (Å²) in [5.74, 6) is 0.720. The zero-order valence-electron chi connectivity index (χ0n) is 9.09. The van der Waals surface area contributed by atoms with Crippen molar-refractivity contribution in [2.45, 2.75) is 39.7 Å². The lowest BCUT2D eigenvalue weighted by Crippen LogP contribution is -2.38. The third-order valence-corrected chi connectivity index (χ3v) is 1.98. The van der Waals surface area contributed by atoms with Gasteiger partial charge in [-0.15, -0.1) is 0 Å². The SMILES string of the molecule is CCC(C)CN(C)CC(C)(C)O. The van der Waals surface area contributed by atoms with Gasteiger partial charge < -0.3 is 10.0 Å². The van der Waals surface area contributed by atoms with Crippen LogP contribution in [-0.2, 0) is 0 Å². The molecule has 2 nitrogen and oxygen atoms in total. The van der Waals surface area contributed by atoms with E-state index in [0.29, 0.717) is 0 Å². The van der Waals surface area contributed by atoms with Gasteiger partial charge in [-0.3, -0.25) is 0 Å². The Balaban J connectivity index is 3.66. The van der Waals surface area contributed by atoms with E-state index in [-0.39, 0.29) is 0 Å². The van der Waals surface area contributed by atoms with Crippen LogP contribution in [0.4, 0.5) is 0 Å². The smallest absolute Gasteiger partial charge is 0.0718 e. The highest BCUT2D eigenvalue weighted by Gasteiger charge is 2.16. The zero-order chi connectivity index (χ0) is 9.78. The molecule has 0 saturated heterocycles. The molecule has 0 fully saturated rings. The summed E-state index contributed by atoms with van der Waals surface area (Å²) in [5.41, 5.74) is -0.567. The summed E-state index contributed by atoms with van der Waals surface area (Å²) >= 11 is 0. The quantitative estimate of drug-likeness (QED) is 0.684.